The Kier molecular flexibility index (Phi) is 3.28. The van der Waals surface area contributed by atoms with Crippen LogP contribution in [0.5, 0.6) is 0 Å². The van der Waals surface area contributed by atoms with E-state index in [0.717, 1.165) is 10.8 Å². The van der Waals surface area contributed by atoms with E-state index in [9.17, 15) is 9.90 Å². The largest absolute Gasteiger partial charge is 2.00 e. The molecule has 2 nitrogen and oxygen atoms in total. The molecule has 0 heterocycles. The molecule has 2 rings (SSSR count). The molecule has 2 aromatic carbocycles. The Morgan fingerprint density at radius 2 is 1.64 bits per heavy atom. The van der Waals surface area contributed by atoms with Crippen molar-refractivity contribution in [2.24, 2.45) is 0 Å². The van der Waals surface area contributed by atoms with Gasteiger partial charge in [-0.1, -0.05) is 42.5 Å². The van der Waals surface area contributed by atoms with Gasteiger partial charge in [0.15, 0.2) is 0 Å². The van der Waals surface area contributed by atoms with Gasteiger partial charge in [0.2, 0.25) is 0 Å². The molecule has 3 heteroatoms. The first-order valence-electron chi connectivity index (χ1n) is 3.98. The Balaban J connectivity index is 0.000000980. The number of rotatable bonds is 1. The zero-order valence-corrected chi connectivity index (χ0v) is 8.10. The van der Waals surface area contributed by atoms with E-state index in [0.29, 0.717) is 0 Å². The van der Waals surface area contributed by atoms with Crippen LogP contribution in [0, 0.1) is 0 Å². The molecule has 0 saturated carbocycles. The maximum absolute atomic E-state index is 10.7. The summed E-state index contributed by atoms with van der Waals surface area (Å²) in [6.07, 6.45) is 0. The van der Waals surface area contributed by atoms with Crippen LogP contribution in [0.2, 0.25) is 0 Å². The zero-order chi connectivity index (χ0) is 9.26. The number of carbonyl (C=O) groups excluding carboxylic acids is 1. The second-order valence-electron chi connectivity index (χ2n) is 2.81. The predicted octanol–water partition coefficient (Wildman–Crippen LogP) is 1.20. The number of aromatic carboxylic acids is 1. The van der Waals surface area contributed by atoms with Crippen molar-refractivity contribution in [3.63, 3.8) is 0 Å². The maximum atomic E-state index is 10.7. The molecular weight excluding hydrogens is 228 g/mol. The SMILES string of the molecule is O=C([O-])c1cccc2ccccc12.[Cu+2]. The van der Waals surface area contributed by atoms with Gasteiger partial charge in [0.05, 0.1) is 5.97 Å². The van der Waals surface area contributed by atoms with Crippen LogP contribution in [0.3, 0.4) is 0 Å². The van der Waals surface area contributed by atoms with E-state index in [4.69, 9.17) is 0 Å². The summed E-state index contributed by atoms with van der Waals surface area (Å²) in [5.41, 5.74) is 0.248. The summed E-state index contributed by atoms with van der Waals surface area (Å²) in [6.45, 7) is 0. The quantitative estimate of drug-likeness (QED) is 0.696. The van der Waals surface area contributed by atoms with Crippen molar-refractivity contribution >= 4 is 16.7 Å². The Morgan fingerprint density at radius 1 is 1.00 bits per heavy atom. The van der Waals surface area contributed by atoms with E-state index in [1.54, 1.807) is 18.2 Å². The van der Waals surface area contributed by atoms with Gasteiger partial charge in [-0.3, -0.25) is 0 Å². The standard InChI is InChI=1S/C11H8O2.Cu/c12-11(13)10-7-3-5-8-4-1-2-6-9(8)10;/h1-7H,(H,12,13);/q;+2/p-1. The molecule has 73 valence electrons. The van der Waals surface area contributed by atoms with Gasteiger partial charge in [-0.05, 0) is 10.8 Å². The third kappa shape index (κ3) is 1.79. The van der Waals surface area contributed by atoms with Gasteiger partial charge in [0.1, 0.15) is 0 Å². The van der Waals surface area contributed by atoms with E-state index in [-0.39, 0.29) is 22.6 Å². The third-order valence-corrected chi connectivity index (χ3v) is 2.01. The summed E-state index contributed by atoms with van der Waals surface area (Å²) in [5.74, 6) is -1.13. The average Bonchev–Trinajstić information content (AvgIpc) is 2.17. The second-order valence-corrected chi connectivity index (χ2v) is 2.81. The third-order valence-electron chi connectivity index (χ3n) is 2.01. The zero-order valence-electron chi connectivity index (χ0n) is 7.16. The number of carbonyl (C=O) groups is 1. The van der Waals surface area contributed by atoms with E-state index in [1.165, 1.54) is 0 Å². The first kappa shape index (κ1) is 10.8. The molecule has 0 atom stereocenters. The molecule has 0 fully saturated rings. The van der Waals surface area contributed by atoms with Crippen molar-refractivity contribution in [3.05, 3.63) is 48.0 Å². The van der Waals surface area contributed by atoms with Gasteiger partial charge in [-0.2, -0.15) is 0 Å². The molecule has 0 saturated heterocycles. The number of hydrogen-bond acceptors (Lipinski definition) is 2. The molecule has 0 aliphatic carbocycles. The molecule has 14 heavy (non-hydrogen) atoms. The van der Waals surface area contributed by atoms with Crippen LogP contribution < -0.4 is 5.11 Å². The number of carboxylic acids is 1. The molecule has 0 aromatic heterocycles. The second kappa shape index (κ2) is 4.27. The van der Waals surface area contributed by atoms with Gasteiger partial charge < -0.3 is 9.90 Å². The molecule has 0 spiro atoms. The van der Waals surface area contributed by atoms with Crippen molar-refractivity contribution in [3.8, 4) is 0 Å². The van der Waals surface area contributed by atoms with Gasteiger partial charge in [0.25, 0.3) is 0 Å². The fourth-order valence-corrected chi connectivity index (χ4v) is 1.40. The van der Waals surface area contributed by atoms with Crippen molar-refractivity contribution in [1.29, 1.82) is 0 Å². The first-order valence-corrected chi connectivity index (χ1v) is 3.98. The van der Waals surface area contributed by atoms with Gasteiger partial charge >= 0.3 is 17.1 Å². The molecular formula is C11H7CuO2+. The Morgan fingerprint density at radius 3 is 2.36 bits per heavy atom. The molecule has 0 unspecified atom stereocenters. The normalized spacial score (nSPS) is 9.43. The van der Waals surface area contributed by atoms with Crippen LogP contribution in [0.1, 0.15) is 10.4 Å². The Bertz CT molecular complexity index is 460. The van der Waals surface area contributed by atoms with Crippen molar-refractivity contribution in [1.82, 2.24) is 0 Å². The molecule has 0 amide bonds. The molecule has 0 aliphatic heterocycles. The molecule has 0 bridgehead atoms. The number of benzene rings is 2. The van der Waals surface area contributed by atoms with Gasteiger partial charge in [0, 0.05) is 5.56 Å². The minimum absolute atomic E-state index is 0. The fraction of sp³-hybridized carbons (Fsp3) is 0. The summed E-state index contributed by atoms with van der Waals surface area (Å²) < 4.78 is 0. The van der Waals surface area contributed by atoms with Crippen LogP contribution in [-0.2, 0) is 17.1 Å². The van der Waals surface area contributed by atoms with E-state index < -0.39 is 5.97 Å². The summed E-state index contributed by atoms with van der Waals surface area (Å²) in [4.78, 5) is 10.7. The Labute approximate surface area is 92.0 Å². The van der Waals surface area contributed by atoms with Crippen LogP contribution >= 0.6 is 0 Å². The molecule has 1 radical (unpaired) electrons. The van der Waals surface area contributed by atoms with Crippen LogP contribution in [0.25, 0.3) is 10.8 Å². The molecule has 0 aliphatic rings. The summed E-state index contributed by atoms with van der Waals surface area (Å²) in [5, 5.41) is 12.4. The average molecular weight is 235 g/mol. The number of carboxylic acid groups (broad SMARTS) is 1. The van der Waals surface area contributed by atoms with Crippen LogP contribution in [-0.4, -0.2) is 5.97 Å². The van der Waals surface area contributed by atoms with Crippen LogP contribution in [0.15, 0.2) is 42.5 Å². The summed E-state index contributed by atoms with van der Waals surface area (Å²) in [6, 6.07) is 12.5. The minimum Gasteiger partial charge on any atom is -0.545 e. The van der Waals surface area contributed by atoms with Crippen molar-refractivity contribution < 1.29 is 27.0 Å². The topological polar surface area (TPSA) is 40.1 Å². The van der Waals surface area contributed by atoms with E-state index in [1.807, 2.05) is 24.3 Å². The minimum atomic E-state index is -1.13. The molecule has 2 aromatic rings. The summed E-state index contributed by atoms with van der Waals surface area (Å²) in [7, 11) is 0. The van der Waals surface area contributed by atoms with E-state index >= 15 is 0 Å². The first-order chi connectivity index (χ1) is 6.29. The monoisotopic (exact) mass is 234 g/mol. The van der Waals surface area contributed by atoms with Gasteiger partial charge in [-0.25, -0.2) is 0 Å². The summed E-state index contributed by atoms with van der Waals surface area (Å²) >= 11 is 0. The predicted molar refractivity (Wildman–Crippen MR) is 48.3 cm³/mol. The molecule has 0 N–H and O–H groups in total. The number of hydrogen-bond donors (Lipinski definition) is 0. The fourth-order valence-electron chi connectivity index (χ4n) is 1.40. The van der Waals surface area contributed by atoms with Gasteiger partial charge in [-0.15, -0.1) is 0 Å². The maximum Gasteiger partial charge on any atom is 2.00 e. The number of fused-ring (bicyclic) bond motifs is 1. The van der Waals surface area contributed by atoms with Crippen molar-refractivity contribution in [2.45, 2.75) is 0 Å². The smallest absolute Gasteiger partial charge is 0.545 e. The Hall–Kier alpha value is -1.31. The van der Waals surface area contributed by atoms with Crippen LogP contribution in [0.4, 0.5) is 0 Å². The van der Waals surface area contributed by atoms with Crippen molar-refractivity contribution in [2.75, 3.05) is 0 Å². The van der Waals surface area contributed by atoms with E-state index in [2.05, 4.69) is 0 Å².